The van der Waals surface area contributed by atoms with Gasteiger partial charge in [-0.2, -0.15) is 4.31 Å². The van der Waals surface area contributed by atoms with Gasteiger partial charge in [-0.25, -0.2) is 8.42 Å². The number of benzene rings is 1. The van der Waals surface area contributed by atoms with Crippen molar-refractivity contribution in [2.24, 2.45) is 0 Å². The largest absolute Gasteiger partial charge is 0.480 e. The molecular weight excluding hydrogens is 290 g/mol. The van der Waals surface area contributed by atoms with Crippen LogP contribution in [0.3, 0.4) is 0 Å². The first-order chi connectivity index (χ1) is 9.98. The summed E-state index contributed by atoms with van der Waals surface area (Å²) in [6, 6.07) is 5.09. The Morgan fingerprint density at radius 2 is 1.86 bits per heavy atom. The van der Waals surface area contributed by atoms with Crippen molar-refractivity contribution in [1.29, 1.82) is 0 Å². The molecule has 114 valence electrons. The zero-order valence-corrected chi connectivity index (χ0v) is 12.6. The van der Waals surface area contributed by atoms with Crippen LogP contribution in [-0.4, -0.2) is 36.4 Å². The minimum Gasteiger partial charge on any atom is -0.480 e. The number of carboxylic acid groups (broad SMARTS) is 1. The van der Waals surface area contributed by atoms with E-state index in [-0.39, 0.29) is 10.9 Å². The summed E-state index contributed by atoms with van der Waals surface area (Å²) >= 11 is 0. The average molecular weight is 309 g/mol. The predicted octanol–water partition coefficient (Wildman–Crippen LogP) is 1.80. The summed E-state index contributed by atoms with van der Waals surface area (Å²) in [6.07, 6.45) is 5.62. The van der Waals surface area contributed by atoms with E-state index < -0.39 is 22.5 Å². The van der Waals surface area contributed by atoms with Crippen LogP contribution in [-0.2, 0) is 27.7 Å². The van der Waals surface area contributed by atoms with E-state index in [1.165, 1.54) is 5.56 Å². The minimum absolute atomic E-state index is 0.151. The molecule has 1 saturated carbocycles. The van der Waals surface area contributed by atoms with Gasteiger partial charge in [-0.15, -0.1) is 0 Å². The van der Waals surface area contributed by atoms with Gasteiger partial charge in [-0.05, 0) is 61.8 Å². The Labute approximate surface area is 124 Å². The number of aryl methyl sites for hydroxylation is 2. The number of aliphatic carboxylic acids is 1. The molecule has 0 amide bonds. The maximum atomic E-state index is 12.7. The highest BCUT2D eigenvalue weighted by molar-refractivity contribution is 7.89. The van der Waals surface area contributed by atoms with Gasteiger partial charge in [0.25, 0.3) is 0 Å². The second-order valence-electron chi connectivity index (χ2n) is 5.81. The molecule has 3 rings (SSSR count). The fourth-order valence-electron chi connectivity index (χ4n) is 2.91. The SMILES string of the molecule is O=C(O)CN(C1CC1)S(=O)(=O)c1ccc2c(c1)CCCC2. The number of rotatable bonds is 5. The van der Waals surface area contributed by atoms with Crippen LogP contribution >= 0.6 is 0 Å². The first kappa shape index (κ1) is 14.5. The third-order valence-electron chi connectivity index (χ3n) is 4.17. The molecular formula is C15H19NO4S. The number of nitrogens with zero attached hydrogens (tertiary/aromatic N) is 1. The minimum atomic E-state index is -3.71. The third kappa shape index (κ3) is 2.96. The zero-order chi connectivity index (χ0) is 15.0. The zero-order valence-electron chi connectivity index (χ0n) is 11.8. The van der Waals surface area contributed by atoms with Crippen LogP contribution in [0.15, 0.2) is 23.1 Å². The first-order valence-corrected chi connectivity index (χ1v) is 8.78. The van der Waals surface area contributed by atoms with Crippen LogP contribution in [0.5, 0.6) is 0 Å². The van der Waals surface area contributed by atoms with Gasteiger partial charge in [-0.3, -0.25) is 4.79 Å². The lowest BCUT2D eigenvalue weighted by molar-refractivity contribution is -0.137. The van der Waals surface area contributed by atoms with Crippen LogP contribution in [0.25, 0.3) is 0 Å². The Hall–Kier alpha value is -1.40. The van der Waals surface area contributed by atoms with E-state index in [9.17, 15) is 13.2 Å². The Bertz CT molecular complexity index is 664. The molecule has 0 bridgehead atoms. The lowest BCUT2D eigenvalue weighted by Crippen LogP contribution is -2.37. The highest BCUT2D eigenvalue weighted by atomic mass is 32.2. The standard InChI is InChI=1S/C15H19NO4S/c17-15(18)10-16(13-6-7-13)21(19,20)14-8-5-11-3-1-2-4-12(11)9-14/h5,8-9,13H,1-4,6-7,10H2,(H,17,18). The van der Waals surface area contributed by atoms with E-state index in [0.717, 1.165) is 48.4 Å². The van der Waals surface area contributed by atoms with Crippen molar-refractivity contribution in [3.63, 3.8) is 0 Å². The molecule has 0 saturated heterocycles. The Morgan fingerprint density at radius 1 is 1.19 bits per heavy atom. The first-order valence-electron chi connectivity index (χ1n) is 7.34. The van der Waals surface area contributed by atoms with Crippen LogP contribution in [0.1, 0.15) is 36.8 Å². The Balaban J connectivity index is 1.94. The Kier molecular flexibility index (Phi) is 3.75. The lowest BCUT2D eigenvalue weighted by atomic mass is 9.92. The van der Waals surface area contributed by atoms with Gasteiger partial charge >= 0.3 is 5.97 Å². The van der Waals surface area contributed by atoms with Gasteiger partial charge in [0.05, 0.1) is 4.90 Å². The van der Waals surface area contributed by atoms with Crippen LogP contribution < -0.4 is 0 Å². The molecule has 1 fully saturated rings. The van der Waals surface area contributed by atoms with Gasteiger partial charge in [-0.1, -0.05) is 6.07 Å². The summed E-state index contributed by atoms with van der Waals surface area (Å²) in [5.41, 5.74) is 2.31. The highest BCUT2D eigenvalue weighted by Gasteiger charge is 2.39. The van der Waals surface area contributed by atoms with Crippen molar-refractivity contribution in [2.45, 2.75) is 49.5 Å². The molecule has 0 heterocycles. The van der Waals surface area contributed by atoms with Gasteiger partial charge in [0, 0.05) is 6.04 Å². The van der Waals surface area contributed by atoms with Crippen molar-refractivity contribution >= 4 is 16.0 Å². The van der Waals surface area contributed by atoms with Gasteiger partial charge in [0.1, 0.15) is 6.54 Å². The topological polar surface area (TPSA) is 74.7 Å². The van der Waals surface area contributed by atoms with Crippen molar-refractivity contribution in [3.8, 4) is 0 Å². The molecule has 0 spiro atoms. The summed E-state index contributed by atoms with van der Waals surface area (Å²) in [7, 11) is -3.71. The normalized spacial score (nSPS) is 18.5. The number of carbonyl (C=O) groups is 1. The van der Waals surface area contributed by atoms with E-state index >= 15 is 0 Å². The summed E-state index contributed by atoms with van der Waals surface area (Å²) < 4.78 is 26.5. The molecule has 1 aromatic carbocycles. The molecule has 0 atom stereocenters. The third-order valence-corrected chi connectivity index (χ3v) is 6.07. The molecule has 5 nitrogen and oxygen atoms in total. The fourth-order valence-corrected chi connectivity index (χ4v) is 4.60. The van der Waals surface area contributed by atoms with E-state index in [4.69, 9.17) is 5.11 Å². The number of hydrogen-bond donors (Lipinski definition) is 1. The summed E-state index contributed by atoms with van der Waals surface area (Å²) in [4.78, 5) is 11.2. The molecule has 0 radical (unpaired) electrons. The molecule has 21 heavy (non-hydrogen) atoms. The van der Waals surface area contributed by atoms with E-state index in [1.807, 2.05) is 6.07 Å². The lowest BCUT2D eigenvalue weighted by Gasteiger charge is -2.22. The van der Waals surface area contributed by atoms with Gasteiger partial charge < -0.3 is 5.11 Å². The van der Waals surface area contributed by atoms with Crippen molar-refractivity contribution < 1.29 is 18.3 Å². The van der Waals surface area contributed by atoms with Crippen LogP contribution in [0.2, 0.25) is 0 Å². The molecule has 0 aliphatic heterocycles. The summed E-state index contributed by atoms with van der Waals surface area (Å²) in [5.74, 6) is -1.11. The predicted molar refractivity (Wildman–Crippen MR) is 77.6 cm³/mol. The molecule has 0 unspecified atom stereocenters. The molecule has 1 aromatic rings. The van der Waals surface area contributed by atoms with Crippen LogP contribution in [0.4, 0.5) is 0 Å². The maximum absolute atomic E-state index is 12.7. The molecule has 6 heteroatoms. The molecule has 2 aliphatic carbocycles. The van der Waals surface area contributed by atoms with Crippen LogP contribution in [0, 0.1) is 0 Å². The van der Waals surface area contributed by atoms with Crippen molar-refractivity contribution in [1.82, 2.24) is 4.31 Å². The second-order valence-corrected chi connectivity index (χ2v) is 7.70. The monoisotopic (exact) mass is 309 g/mol. The van der Waals surface area contributed by atoms with Crippen molar-refractivity contribution in [3.05, 3.63) is 29.3 Å². The highest BCUT2D eigenvalue weighted by Crippen LogP contribution is 2.33. The smallest absolute Gasteiger partial charge is 0.318 e. The quantitative estimate of drug-likeness (QED) is 0.900. The van der Waals surface area contributed by atoms with E-state index in [1.54, 1.807) is 12.1 Å². The Morgan fingerprint density at radius 3 is 2.48 bits per heavy atom. The molecule has 0 aromatic heterocycles. The number of sulfonamides is 1. The number of carboxylic acids is 1. The van der Waals surface area contributed by atoms with E-state index in [2.05, 4.69) is 0 Å². The summed E-state index contributed by atoms with van der Waals surface area (Å²) in [6.45, 7) is -0.454. The van der Waals surface area contributed by atoms with Gasteiger partial charge in [0.15, 0.2) is 0 Å². The van der Waals surface area contributed by atoms with E-state index in [0.29, 0.717) is 0 Å². The molecule has 2 aliphatic rings. The average Bonchev–Trinajstić information content (AvgIpc) is 3.28. The summed E-state index contributed by atoms with van der Waals surface area (Å²) in [5, 5.41) is 8.96. The maximum Gasteiger partial charge on any atom is 0.318 e. The molecule has 1 N–H and O–H groups in total. The van der Waals surface area contributed by atoms with Crippen molar-refractivity contribution in [2.75, 3.05) is 6.54 Å². The number of hydrogen-bond acceptors (Lipinski definition) is 3. The fraction of sp³-hybridized carbons (Fsp3) is 0.533. The van der Waals surface area contributed by atoms with Gasteiger partial charge in [0.2, 0.25) is 10.0 Å². The number of fused-ring (bicyclic) bond motifs is 1. The second kappa shape index (κ2) is 5.42.